The Morgan fingerprint density at radius 3 is 3.00 bits per heavy atom. The highest BCUT2D eigenvalue weighted by Crippen LogP contribution is 2.28. The standard InChI is InChI=1S/C15H24N4O2/c1-11-7-14(18-21-11)17-15(20)10-19(13-4-5-13)9-12-3-2-6-16-8-12/h7,12-13,16H,2-6,8-10H2,1H3,(H,17,18,20). The molecule has 2 aliphatic rings. The van der Waals surface area contributed by atoms with Crippen LogP contribution in [0.2, 0.25) is 0 Å². The number of piperidine rings is 1. The topological polar surface area (TPSA) is 70.4 Å². The third kappa shape index (κ3) is 4.28. The van der Waals surface area contributed by atoms with Crippen molar-refractivity contribution in [1.29, 1.82) is 0 Å². The van der Waals surface area contributed by atoms with Crippen LogP contribution in [0.5, 0.6) is 0 Å². The van der Waals surface area contributed by atoms with Crippen LogP contribution in [0.4, 0.5) is 5.82 Å². The van der Waals surface area contributed by atoms with E-state index >= 15 is 0 Å². The van der Waals surface area contributed by atoms with Gasteiger partial charge in [-0.05, 0) is 51.6 Å². The van der Waals surface area contributed by atoms with Gasteiger partial charge in [0.25, 0.3) is 0 Å². The molecule has 1 amide bonds. The third-order valence-corrected chi connectivity index (χ3v) is 4.20. The summed E-state index contributed by atoms with van der Waals surface area (Å²) in [6, 6.07) is 2.33. The molecule has 6 heteroatoms. The van der Waals surface area contributed by atoms with Gasteiger partial charge in [0.15, 0.2) is 5.82 Å². The molecule has 116 valence electrons. The number of carbonyl (C=O) groups excluding carboxylic acids is 1. The van der Waals surface area contributed by atoms with E-state index < -0.39 is 0 Å². The van der Waals surface area contributed by atoms with E-state index in [2.05, 4.69) is 20.7 Å². The largest absolute Gasteiger partial charge is 0.360 e. The Kier molecular flexibility index (Phi) is 4.55. The van der Waals surface area contributed by atoms with E-state index in [1.165, 1.54) is 25.7 Å². The molecule has 1 saturated heterocycles. The fraction of sp³-hybridized carbons (Fsp3) is 0.733. The molecule has 0 radical (unpaired) electrons. The van der Waals surface area contributed by atoms with Gasteiger partial charge in [-0.15, -0.1) is 0 Å². The van der Waals surface area contributed by atoms with Gasteiger partial charge in [0.1, 0.15) is 5.76 Å². The Balaban J connectivity index is 1.50. The predicted molar refractivity (Wildman–Crippen MR) is 80.1 cm³/mol. The van der Waals surface area contributed by atoms with Gasteiger partial charge in [-0.1, -0.05) is 5.16 Å². The second kappa shape index (κ2) is 6.58. The Bertz CT molecular complexity index is 478. The second-order valence-corrected chi connectivity index (χ2v) is 6.24. The average Bonchev–Trinajstić information content (AvgIpc) is 3.23. The van der Waals surface area contributed by atoms with E-state index in [9.17, 15) is 4.79 Å². The fourth-order valence-electron chi connectivity index (χ4n) is 2.99. The van der Waals surface area contributed by atoms with E-state index in [-0.39, 0.29) is 5.91 Å². The molecule has 1 aliphatic carbocycles. The maximum Gasteiger partial charge on any atom is 0.239 e. The molecular weight excluding hydrogens is 268 g/mol. The zero-order chi connectivity index (χ0) is 14.7. The van der Waals surface area contributed by atoms with E-state index in [4.69, 9.17) is 4.52 Å². The van der Waals surface area contributed by atoms with Crippen molar-refractivity contribution in [2.75, 3.05) is 31.5 Å². The number of nitrogens with zero attached hydrogens (tertiary/aromatic N) is 2. The maximum absolute atomic E-state index is 12.2. The normalized spacial score (nSPS) is 22.5. The Morgan fingerprint density at radius 2 is 2.38 bits per heavy atom. The molecule has 1 saturated carbocycles. The van der Waals surface area contributed by atoms with E-state index in [1.54, 1.807) is 6.07 Å². The quantitative estimate of drug-likeness (QED) is 0.829. The van der Waals surface area contributed by atoms with Crippen LogP contribution in [0.15, 0.2) is 10.6 Å². The molecule has 1 aromatic rings. The van der Waals surface area contributed by atoms with Crippen LogP contribution in [-0.4, -0.2) is 48.2 Å². The van der Waals surface area contributed by atoms with Crippen molar-refractivity contribution < 1.29 is 9.32 Å². The summed E-state index contributed by atoms with van der Waals surface area (Å²) < 4.78 is 4.97. The number of anilines is 1. The number of aromatic nitrogens is 1. The summed E-state index contributed by atoms with van der Waals surface area (Å²) in [6.07, 6.45) is 4.95. The van der Waals surface area contributed by atoms with Gasteiger partial charge in [-0.3, -0.25) is 9.69 Å². The highest BCUT2D eigenvalue weighted by atomic mass is 16.5. The van der Waals surface area contributed by atoms with Gasteiger partial charge < -0.3 is 15.2 Å². The summed E-state index contributed by atoms with van der Waals surface area (Å²) in [7, 11) is 0. The Hall–Kier alpha value is -1.40. The number of nitrogens with one attached hydrogen (secondary N) is 2. The lowest BCUT2D eigenvalue weighted by atomic mass is 9.99. The number of amides is 1. The summed E-state index contributed by atoms with van der Waals surface area (Å²) in [5, 5.41) is 10.1. The Morgan fingerprint density at radius 1 is 1.52 bits per heavy atom. The van der Waals surface area contributed by atoms with E-state index in [0.29, 0.717) is 30.1 Å². The lowest BCUT2D eigenvalue weighted by Crippen LogP contribution is -2.42. The molecule has 21 heavy (non-hydrogen) atoms. The lowest BCUT2D eigenvalue weighted by Gasteiger charge is -2.29. The van der Waals surface area contributed by atoms with E-state index in [1.807, 2.05) is 6.92 Å². The van der Waals surface area contributed by atoms with Gasteiger partial charge in [0, 0.05) is 18.7 Å². The number of hydrogen-bond donors (Lipinski definition) is 2. The molecule has 2 fully saturated rings. The molecule has 0 spiro atoms. The van der Waals surface area contributed by atoms with Crippen LogP contribution in [0, 0.1) is 12.8 Å². The highest BCUT2D eigenvalue weighted by Gasteiger charge is 2.32. The summed E-state index contributed by atoms with van der Waals surface area (Å²) in [5.41, 5.74) is 0. The summed E-state index contributed by atoms with van der Waals surface area (Å²) >= 11 is 0. The van der Waals surface area contributed by atoms with Gasteiger partial charge in [-0.25, -0.2) is 0 Å². The van der Waals surface area contributed by atoms with Crippen LogP contribution >= 0.6 is 0 Å². The summed E-state index contributed by atoms with van der Waals surface area (Å²) in [4.78, 5) is 14.5. The lowest BCUT2D eigenvalue weighted by molar-refractivity contribution is -0.117. The number of carbonyl (C=O) groups is 1. The van der Waals surface area contributed by atoms with Gasteiger partial charge in [0.05, 0.1) is 6.54 Å². The molecule has 0 bridgehead atoms. The Labute approximate surface area is 125 Å². The fourth-order valence-corrected chi connectivity index (χ4v) is 2.99. The monoisotopic (exact) mass is 292 g/mol. The molecule has 0 aromatic carbocycles. The highest BCUT2D eigenvalue weighted by molar-refractivity contribution is 5.91. The molecule has 1 atom stereocenters. The molecule has 6 nitrogen and oxygen atoms in total. The number of rotatable bonds is 6. The first-order chi connectivity index (χ1) is 10.2. The molecular formula is C15H24N4O2. The molecule has 1 unspecified atom stereocenters. The van der Waals surface area contributed by atoms with Crippen molar-refractivity contribution in [2.24, 2.45) is 5.92 Å². The van der Waals surface area contributed by atoms with Crippen LogP contribution in [-0.2, 0) is 4.79 Å². The van der Waals surface area contributed by atoms with Crippen LogP contribution in [0.3, 0.4) is 0 Å². The maximum atomic E-state index is 12.2. The first-order valence-electron chi connectivity index (χ1n) is 7.88. The molecule has 1 aliphatic heterocycles. The van der Waals surface area contributed by atoms with Gasteiger partial charge >= 0.3 is 0 Å². The van der Waals surface area contributed by atoms with Crippen molar-refractivity contribution >= 4 is 11.7 Å². The summed E-state index contributed by atoms with van der Waals surface area (Å²) in [5.74, 6) is 1.88. The zero-order valence-electron chi connectivity index (χ0n) is 12.6. The minimum atomic E-state index is -0.000955. The summed E-state index contributed by atoms with van der Waals surface area (Å²) in [6.45, 7) is 5.49. The third-order valence-electron chi connectivity index (χ3n) is 4.20. The minimum Gasteiger partial charge on any atom is -0.360 e. The smallest absolute Gasteiger partial charge is 0.239 e. The van der Waals surface area contributed by atoms with Crippen LogP contribution in [0.25, 0.3) is 0 Å². The van der Waals surface area contributed by atoms with Crippen molar-refractivity contribution in [3.8, 4) is 0 Å². The first kappa shape index (κ1) is 14.5. The molecule has 2 N–H and O–H groups in total. The van der Waals surface area contributed by atoms with E-state index in [0.717, 1.165) is 19.6 Å². The van der Waals surface area contributed by atoms with Gasteiger partial charge in [0.2, 0.25) is 5.91 Å². The predicted octanol–water partition coefficient (Wildman–Crippen LogP) is 1.39. The molecule has 3 rings (SSSR count). The molecule has 2 heterocycles. The first-order valence-corrected chi connectivity index (χ1v) is 7.88. The van der Waals surface area contributed by atoms with Crippen molar-refractivity contribution in [3.63, 3.8) is 0 Å². The number of hydrogen-bond acceptors (Lipinski definition) is 5. The van der Waals surface area contributed by atoms with Crippen LogP contribution in [0.1, 0.15) is 31.4 Å². The SMILES string of the molecule is Cc1cc(NC(=O)CN(CC2CCCNC2)C2CC2)no1. The number of aryl methyl sites for hydroxylation is 1. The second-order valence-electron chi connectivity index (χ2n) is 6.24. The minimum absolute atomic E-state index is 0.000955. The van der Waals surface area contributed by atoms with Crippen molar-refractivity contribution in [1.82, 2.24) is 15.4 Å². The van der Waals surface area contributed by atoms with Crippen molar-refractivity contribution in [3.05, 3.63) is 11.8 Å². The van der Waals surface area contributed by atoms with Crippen LogP contribution < -0.4 is 10.6 Å². The van der Waals surface area contributed by atoms with Gasteiger partial charge in [-0.2, -0.15) is 0 Å². The van der Waals surface area contributed by atoms with Crippen molar-refractivity contribution in [2.45, 2.75) is 38.6 Å². The zero-order valence-corrected chi connectivity index (χ0v) is 12.6. The molecule has 1 aromatic heterocycles. The average molecular weight is 292 g/mol.